The van der Waals surface area contributed by atoms with Gasteiger partial charge in [-0.15, -0.1) is 11.3 Å². The van der Waals surface area contributed by atoms with Crippen LogP contribution in [0.2, 0.25) is 0 Å². The van der Waals surface area contributed by atoms with Crippen LogP contribution in [0, 0.1) is 6.92 Å². The molecule has 1 aromatic heterocycles. The zero-order valence-corrected chi connectivity index (χ0v) is 15.2. The van der Waals surface area contributed by atoms with E-state index in [4.69, 9.17) is 9.47 Å². The Labute approximate surface area is 153 Å². The molecule has 0 fully saturated rings. The smallest absolute Gasteiger partial charge is 0.343 e. The average molecular weight is 367 g/mol. The van der Waals surface area contributed by atoms with E-state index in [0.29, 0.717) is 26.3 Å². The van der Waals surface area contributed by atoms with Gasteiger partial charge in [0.05, 0.1) is 21.9 Å². The van der Waals surface area contributed by atoms with Gasteiger partial charge in [0.25, 0.3) is 5.56 Å². The zero-order valence-electron chi connectivity index (χ0n) is 14.4. The zero-order chi connectivity index (χ0) is 18.7. The van der Waals surface area contributed by atoms with E-state index in [1.807, 2.05) is 13.0 Å². The Kier molecular flexibility index (Phi) is 5.04. The maximum atomic E-state index is 12.3. The third-order valence-corrected chi connectivity index (χ3v) is 4.52. The SMILES string of the molecule is C=c1[nH]c(=O)/c(=C\c2ccc(OC(=O)c3cccc(C)c3)c(OC)c2)s1. The quantitative estimate of drug-likeness (QED) is 0.567. The van der Waals surface area contributed by atoms with Gasteiger partial charge >= 0.3 is 5.97 Å². The molecule has 0 saturated heterocycles. The van der Waals surface area contributed by atoms with Crippen LogP contribution < -0.4 is 24.2 Å². The van der Waals surface area contributed by atoms with Crippen LogP contribution in [0.1, 0.15) is 21.5 Å². The number of H-pyrrole nitrogens is 1. The van der Waals surface area contributed by atoms with Crippen LogP contribution in [0.15, 0.2) is 47.3 Å². The fourth-order valence-electron chi connectivity index (χ4n) is 2.43. The normalized spacial score (nSPS) is 11.4. The van der Waals surface area contributed by atoms with Crippen molar-refractivity contribution in [2.24, 2.45) is 0 Å². The summed E-state index contributed by atoms with van der Waals surface area (Å²) in [6.45, 7) is 5.63. The molecule has 0 aliphatic carbocycles. The van der Waals surface area contributed by atoms with E-state index in [1.165, 1.54) is 18.4 Å². The Hall–Kier alpha value is -3.12. The molecule has 3 aromatic rings. The second-order valence-corrected chi connectivity index (χ2v) is 6.79. The van der Waals surface area contributed by atoms with Gasteiger partial charge in [0.2, 0.25) is 0 Å². The molecule has 3 rings (SSSR count). The number of carbonyl (C=O) groups is 1. The molecule has 0 aliphatic rings. The average Bonchev–Trinajstić information content (AvgIpc) is 2.93. The van der Waals surface area contributed by atoms with Crippen molar-refractivity contribution in [3.63, 3.8) is 0 Å². The summed E-state index contributed by atoms with van der Waals surface area (Å²) in [7, 11) is 1.50. The number of aryl methyl sites for hydroxylation is 1. The molecule has 0 spiro atoms. The first kappa shape index (κ1) is 17.7. The third kappa shape index (κ3) is 3.92. The highest BCUT2D eigenvalue weighted by Gasteiger charge is 2.13. The number of aromatic amines is 1. The summed E-state index contributed by atoms with van der Waals surface area (Å²) < 4.78 is 11.9. The van der Waals surface area contributed by atoms with Crippen LogP contribution in [0.4, 0.5) is 0 Å². The molecule has 5 nitrogen and oxygen atoms in total. The van der Waals surface area contributed by atoms with Gasteiger partial charge in [0.1, 0.15) is 0 Å². The van der Waals surface area contributed by atoms with Gasteiger partial charge < -0.3 is 14.5 Å². The van der Waals surface area contributed by atoms with Gasteiger partial charge in [-0.2, -0.15) is 0 Å². The minimum absolute atomic E-state index is 0.186. The van der Waals surface area contributed by atoms with Crippen LogP contribution in [0.5, 0.6) is 11.5 Å². The Morgan fingerprint density at radius 3 is 2.65 bits per heavy atom. The summed E-state index contributed by atoms with van der Waals surface area (Å²) >= 11 is 1.28. The summed E-state index contributed by atoms with van der Waals surface area (Å²) in [5.74, 6) is 0.261. The van der Waals surface area contributed by atoms with Crippen molar-refractivity contribution in [1.29, 1.82) is 0 Å². The van der Waals surface area contributed by atoms with Crippen LogP contribution in [-0.2, 0) is 0 Å². The topological polar surface area (TPSA) is 68.4 Å². The van der Waals surface area contributed by atoms with Crippen molar-refractivity contribution in [2.45, 2.75) is 6.92 Å². The van der Waals surface area contributed by atoms with E-state index >= 15 is 0 Å². The van der Waals surface area contributed by atoms with Gasteiger partial charge in [0, 0.05) is 0 Å². The number of esters is 1. The van der Waals surface area contributed by atoms with Crippen molar-refractivity contribution in [3.8, 4) is 11.5 Å². The molecule has 1 N–H and O–H groups in total. The Bertz CT molecular complexity index is 1130. The lowest BCUT2D eigenvalue weighted by molar-refractivity contribution is 0.0729. The summed E-state index contributed by atoms with van der Waals surface area (Å²) in [6, 6.07) is 12.3. The molecular formula is C20H17NO4S. The van der Waals surface area contributed by atoms with Crippen molar-refractivity contribution in [2.75, 3.05) is 7.11 Å². The van der Waals surface area contributed by atoms with Crippen molar-refractivity contribution in [1.82, 2.24) is 4.98 Å². The van der Waals surface area contributed by atoms with Crippen molar-refractivity contribution >= 4 is 30.0 Å². The lowest BCUT2D eigenvalue weighted by Gasteiger charge is -2.10. The van der Waals surface area contributed by atoms with Crippen LogP contribution >= 0.6 is 11.3 Å². The minimum Gasteiger partial charge on any atom is -0.493 e. The monoisotopic (exact) mass is 367 g/mol. The summed E-state index contributed by atoms with van der Waals surface area (Å²) in [6.07, 6.45) is 1.73. The van der Waals surface area contributed by atoms with E-state index in [1.54, 1.807) is 42.5 Å². The number of hydrogen-bond acceptors (Lipinski definition) is 5. The van der Waals surface area contributed by atoms with Crippen LogP contribution in [0.3, 0.4) is 0 Å². The molecule has 0 amide bonds. The summed E-state index contributed by atoms with van der Waals surface area (Å²) in [5.41, 5.74) is 2.01. The number of rotatable bonds is 4. The molecule has 0 aliphatic heterocycles. The number of ether oxygens (including phenoxy) is 2. The predicted octanol–water partition coefficient (Wildman–Crippen LogP) is 2.21. The molecule has 0 atom stereocenters. The number of nitrogens with one attached hydrogen (secondary N) is 1. The Morgan fingerprint density at radius 1 is 1.19 bits per heavy atom. The van der Waals surface area contributed by atoms with E-state index < -0.39 is 5.97 Å². The maximum Gasteiger partial charge on any atom is 0.343 e. The fourth-order valence-corrected chi connectivity index (χ4v) is 3.18. The number of benzene rings is 2. The molecule has 0 saturated carbocycles. The number of methoxy groups -OCH3 is 1. The molecule has 1 heterocycles. The molecule has 0 radical (unpaired) electrons. The highest BCUT2D eigenvalue weighted by atomic mass is 32.1. The Morgan fingerprint density at radius 2 is 2.00 bits per heavy atom. The second-order valence-electron chi connectivity index (χ2n) is 5.66. The van der Waals surface area contributed by atoms with E-state index in [0.717, 1.165) is 11.1 Å². The summed E-state index contributed by atoms with van der Waals surface area (Å²) in [4.78, 5) is 26.7. The van der Waals surface area contributed by atoms with Crippen molar-refractivity contribution < 1.29 is 14.3 Å². The lowest BCUT2D eigenvalue weighted by Crippen LogP contribution is -2.19. The third-order valence-electron chi connectivity index (χ3n) is 3.65. The highest BCUT2D eigenvalue weighted by molar-refractivity contribution is 7.07. The first-order chi connectivity index (χ1) is 12.5. The van der Waals surface area contributed by atoms with Gasteiger partial charge in [-0.3, -0.25) is 4.79 Å². The second kappa shape index (κ2) is 7.41. The fraction of sp³-hybridized carbons (Fsp3) is 0.100. The number of thiazole rings is 1. The summed E-state index contributed by atoms with van der Waals surface area (Å²) in [5, 5.41) is 0. The Balaban J connectivity index is 1.91. The molecule has 0 bridgehead atoms. The van der Waals surface area contributed by atoms with Crippen molar-refractivity contribution in [3.05, 3.63) is 78.7 Å². The molecule has 132 valence electrons. The molecule has 6 heteroatoms. The van der Waals surface area contributed by atoms with E-state index in [9.17, 15) is 9.59 Å². The lowest BCUT2D eigenvalue weighted by atomic mass is 10.1. The van der Waals surface area contributed by atoms with Gasteiger partial charge in [0.15, 0.2) is 11.5 Å². The molecular weight excluding hydrogens is 350 g/mol. The van der Waals surface area contributed by atoms with Crippen LogP contribution in [-0.4, -0.2) is 18.1 Å². The number of carbonyl (C=O) groups excluding carboxylic acids is 1. The van der Waals surface area contributed by atoms with Gasteiger partial charge in [-0.05, 0) is 42.8 Å². The van der Waals surface area contributed by atoms with Crippen LogP contribution in [0.25, 0.3) is 12.7 Å². The maximum absolute atomic E-state index is 12.3. The minimum atomic E-state index is -0.458. The highest BCUT2D eigenvalue weighted by Crippen LogP contribution is 2.29. The molecule has 26 heavy (non-hydrogen) atoms. The van der Waals surface area contributed by atoms with Gasteiger partial charge in [-0.25, -0.2) is 4.79 Å². The van der Waals surface area contributed by atoms with E-state index in [2.05, 4.69) is 11.6 Å². The number of hydrogen-bond donors (Lipinski definition) is 1. The molecule has 0 unspecified atom stereocenters. The first-order valence-electron chi connectivity index (χ1n) is 7.83. The molecule has 2 aromatic carbocycles. The number of aromatic nitrogens is 1. The first-order valence-corrected chi connectivity index (χ1v) is 8.64. The van der Waals surface area contributed by atoms with Gasteiger partial charge in [-0.1, -0.05) is 30.3 Å². The van der Waals surface area contributed by atoms with E-state index in [-0.39, 0.29) is 5.56 Å². The predicted molar refractivity (Wildman–Crippen MR) is 102 cm³/mol. The standard InChI is InChI=1S/C20H17NO4S/c1-12-5-4-6-15(9-12)20(23)25-16-8-7-14(10-17(16)24-3)11-18-19(22)21-13(2)26-18/h4-11H,2H2,1,3H3,(H,21,22)/b18-11+. The largest absolute Gasteiger partial charge is 0.493 e.